The van der Waals surface area contributed by atoms with E-state index in [1.807, 2.05) is 0 Å². The van der Waals surface area contributed by atoms with E-state index in [0.717, 1.165) is 32.1 Å². The predicted molar refractivity (Wildman–Crippen MR) is 81.9 cm³/mol. The molecule has 132 valence electrons. The van der Waals surface area contributed by atoms with Gasteiger partial charge in [0.25, 0.3) is 5.91 Å². The van der Waals surface area contributed by atoms with E-state index in [4.69, 9.17) is 4.74 Å². The Balaban J connectivity index is 2.13. The van der Waals surface area contributed by atoms with Gasteiger partial charge in [0.15, 0.2) is 0 Å². The van der Waals surface area contributed by atoms with Crippen LogP contribution in [0.4, 0.5) is 4.79 Å². The first-order chi connectivity index (χ1) is 10.5. The predicted octanol–water partition coefficient (Wildman–Crippen LogP) is 1.47. The summed E-state index contributed by atoms with van der Waals surface area (Å²) >= 11 is 0. The van der Waals surface area contributed by atoms with Crippen molar-refractivity contribution in [2.45, 2.75) is 70.6 Å². The second-order valence-electron chi connectivity index (χ2n) is 7.12. The normalized spacial score (nSPS) is 26.6. The molecular weight excluding hydrogens is 324 g/mol. The zero-order chi connectivity index (χ0) is 17.4. The van der Waals surface area contributed by atoms with Crippen molar-refractivity contribution in [1.29, 1.82) is 0 Å². The molecule has 1 saturated carbocycles. The quantitative estimate of drug-likeness (QED) is 0.590. The Labute approximate surface area is 136 Å². The van der Waals surface area contributed by atoms with E-state index in [0.29, 0.717) is 4.31 Å². The minimum Gasteiger partial charge on any atom is -0.444 e. The summed E-state index contributed by atoms with van der Waals surface area (Å²) in [6.07, 6.45) is 3.69. The standard InChI is InChI=1S/C14H24N2O6S/c1-14(2,3)22-13(18)15-10-11(9-7-5-4-6-8-9)16(12(10)17)23(19,20)21/h9-11H,4-8H2,1-3H3,(H,15,18)(H,19,20,21)/t10-,11-/m1/s1. The Morgan fingerprint density at radius 3 is 2.30 bits per heavy atom. The third-order valence-corrected chi connectivity index (χ3v) is 5.07. The van der Waals surface area contributed by atoms with Gasteiger partial charge in [-0.15, -0.1) is 0 Å². The van der Waals surface area contributed by atoms with Crippen LogP contribution in [0.25, 0.3) is 0 Å². The Morgan fingerprint density at radius 1 is 1.26 bits per heavy atom. The molecule has 9 heteroatoms. The SMILES string of the molecule is CC(C)(C)OC(=O)N[C@H]1C(=O)N(S(=O)(=O)O)[C@@H]1C1CCCCC1. The molecule has 2 atom stereocenters. The van der Waals surface area contributed by atoms with Crippen LogP contribution in [0.15, 0.2) is 0 Å². The maximum Gasteiger partial charge on any atom is 0.408 e. The first kappa shape index (κ1) is 18.0. The van der Waals surface area contributed by atoms with E-state index in [1.165, 1.54) is 0 Å². The van der Waals surface area contributed by atoms with Crippen LogP contribution < -0.4 is 5.32 Å². The molecular formula is C14H24N2O6S. The molecule has 1 aliphatic heterocycles. The van der Waals surface area contributed by atoms with Gasteiger partial charge in [-0.25, -0.2) is 9.10 Å². The monoisotopic (exact) mass is 348 g/mol. The maximum atomic E-state index is 12.1. The van der Waals surface area contributed by atoms with E-state index >= 15 is 0 Å². The van der Waals surface area contributed by atoms with E-state index < -0.39 is 40.0 Å². The highest BCUT2D eigenvalue weighted by atomic mass is 32.2. The number of hydrogen-bond acceptors (Lipinski definition) is 5. The van der Waals surface area contributed by atoms with E-state index in [2.05, 4.69) is 5.32 Å². The number of carbonyl (C=O) groups is 2. The van der Waals surface area contributed by atoms with Crippen LogP contribution in [-0.4, -0.2) is 47.0 Å². The number of nitrogens with zero attached hydrogens (tertiary/aromatic N) is 1. The number of rotatable bonds is 3. The number of hydrogen-bond donors (Lipinski definition) is 2. The number of carbonyl (C=O) groups excluding carboxylic acids is 2. The summed E-state index contributed by atoms with van der Waals surface area (Å²) in [5, 5.41) is 2.44. The van der Waals surface area contributed by atoms with Crippen molar-refractivity contribution in [2.75, 3.05) is 0 Å². The molecule has 0 aromatic rings. The number of ether oxygens (including phenoxy) is 1. The molecule has 23 heavy (non-hydrogen) atoms. The fraction of sp³-hybridized carbons (Fsp3) is 0.857. The highest BCUT2D eigenvalue weighted by molar-refractivity contribution is 7.84. The molecule has 1 saturated heterocycles. The molecule has 0 aromatic carbocycles. The van der Waals surface area contributed by atoms with E-state index in [9.17, 15) is 22.6 Å². The zero-order valence-corrected chi connectivity index (χ0v) is 14.4. The topological polar surface area (TPSA) is 113 Å². The van der Waals surface area contributed by atoms with E-state index in [-0.39, 0.29) is 5.92 Å². The molecule has 2 N–H and O–H groups in total. The summed E-state index contributed by atoms with van der Waals surface area (Å²) < 4.78 is 37.8. The lowest BCUT2D eigenvalue weighted by molar-refractivity contribution is -0.145. The first-order valence-corrected chi connectivity index (χ1v) is 9.20. The van der Waals surface area contributed by atoms with Crippen molar-refractivity contribution < 1.29 is 27.3 Å². The smallest absolute Gasteiger partial charge is 0.408 e. The maximum absolute atomic E-state index is 12.1. The Kier molecular flexibility index (Phi) is 4.91. The van der Waals surface area contributed by atoms with Crippen molar-refractivity contribution in [3.8, 4) is 0 Å². The van der Waals surface area contributed by atoms with Gasteiger partial charge in [-0.2, -0.15) is 8.42 Å². The van der Waals surface area contributed by atoms with Gasteiger partial charge in [-0.1, -0.05) is 19.3 Å². The summed E-state index contributed by atoms with van der Waals surface area (Å²) in [5.41, 5.74) is -0.722. The summed E-state index contributed by atoms with van der Waals surface area (Å²) in [6.45, 7) is 5.08. The van der Waals surface area contributed by atoms with Gasteiger partial charge >= 0.3 is 16.4 Å². The largest absolute Gasteiger partial charge is 0.444 e. The molecule has 8 nitrogen and oxygen atoms in total. The lowest BCUT2D eigenvalue weighted by Crippen LogP contribution is -2.74. The molecule has 1 aliphatic carbocycles. The molecule has 0 radical (unpaired) electrons. The van der Waals surface area contributed by atoms with Crippen molar-refractivity contribution in [3.63, 3.8) is 0 Å². The van der Waals surface area contributed by atoms with Gasteiger partial charge in [0.1, 0.15) is 11.6 Å². The lowest BCUT2D eigenvalue weighted by Gasteiger charge is -2.48. The van der Waals surface area contributed by atoms with Crippen LogP contribution in [0.5, 0.6) is 0 Å². The average Bonchev–Trinajstić information content (AvgIpc) is 2.39. The first-order valence-electron chi connectivity index (χ1n) is 7.81. The third kappa shape index (κ3) is 4.14. The Hall–Kier alpha value is -1.35. The number of nitrogens with one attached hydrogen (secondary N) is 1. The molecule has 2 amide bonds. The highest BCUT2D eigenvalue weighted by Crippen LogP contribution is 2.37. The fourth-order valence-electron chi connectivity index (χ4n) is 3.27. The lowest BCUT2D eigenvalue weighted by atomic mass is 9.77. The average molecular weight is 348 g/mol. The van der Waals surface area contributed by atoms with Crippen LogP contribution in [0.1, 0.15) is 52.9 Å². The van der Waals surface area contributed by atoms with Crippen LogP contribution in [0, 0.1) is 5.92 Å². The summed E-state index contributed by atoms with van der Waals surface area (Å²) in [7, 11) is -4.63. The molecule has 0 aromatic heterocycles. The second-order valence-corrected chi connectivity index (χ2v) is 8.41. The highest BCUT2D eigenvalue weighted by Gasteiger charge is 2.57. The van der Waals surface area contributed by atoms with Gasteiger partial charge < -0.3 is 10.1 Å². The molecule has 0 spiro atoms. The third-order valence-electron chi connectivity index (χ3n) is 4.15. The minimum absolute atomic E-state index is 0.0664. The Morgan fingerprint density at radius 2 is 1.83 bits per heavy atom. The second kappa shape index (κ2) is 6.27. The van der Waals surface area contributed by atoms with Crippen LogP contribution >= 0.6 is 0 Å². The molecule has 2 fully saturated rings. The van der Waals surface area contributed by atoms with Crippen LogP contribution in [0.3, 0.4) is 0 Å². The zero-order valence-electron chi connectivity index (χ0n) is 13.6. The van der Waals surface area contributed by atoms with E-state index in [1.54, 1.807) is 20.8 Å². The Bertz CT molecular complexity index is 577. The summed E-state index contributed by atoms with van der Waals surface area (Å²) in [4.78, 5) is 24.0. The van der Waals surface area contributed by atoms with Gasteiger partial charge in [0.05, 0.1) is 6.04 Å². The van der Waals surface area contributed by atoms with Gasteiger partial charge in [-0.05, 0) is 39.5 Å². The summed E-state index contributed by atoms with van der Waals surface area (Å²) in [5.74, 6) is -0.891. The van der Waals surface area contributed by atoms with Crippen LogP contribution in [-0.2, 0) is 19.8 Å². The fourth-order valence-corrected chi connectivity index (χ4v) is 4.21. The van der Waals surface area contributed by atoms with Crippen molar-refractivity contribution in [3.05, 3.63) is 0 Å². The van der Waals surface area contributed by atoms with Crippen molar-refractivity contribution >= 4 is 22.3 Å². The van der Waals surface area contributed by atoms with Gasteiger partial charge in [0.2, 0.25) is 0 Å². The minimum atomic E-state index is -4.63. The van der Waals surface area contributed by atoms with Gasteiger partial charge in [-0.3, -0.25) is 9.35 Å². The summed E-state index contributed by atoms with van der Waals surface area (Å²) in [6, 6.07) is -1.72. The number of alkyl carbamates (subject to hydrolysis) is 1. The van der Waals surface area contributed by atoms with Crippen molar-refractivity contribution in [1.82, 2.24) is 9.62 Å². The molecule has 2 rings (SSSR count). The molecule has 0 bridgehead atoms. The molecule has 1 heterocycles. The number of β-lactam (4-membered cyclic amide) rings is 1. The molecule has 0 unspecified atom stereocenters. The number of amides is 2. The van der Waals surface area contributed by atoms with Gasteiger partial charge in [0, 0.05) is 0 Å². The van der Waals surface area contributed by atoms with Crippen LogP contribution in [0.2, 0.25) is 0 Å². The molecule has 2 aliphatic rings. The van der Waals surface area contributed by atoms with Crippen molar-refractivity contribution in [2.24, 2.45) is 5.92 Å².